The Labute approximate surface area is 227 Å². The fraction of sp³-hybridized carbons (Fsp3) is 0.741. The summed E-state index contributed by atoms with van der Waals surface area (Å²) in [4.78, 5) is 12.6. The van der Waals surface area contributed by atoms with Crippen LogP contribution in [0.15, 0.2) is 35.2 Å². The lowest BCUT2D eigenvalue weighted by atomic mass is 9.94. The van der Waals surface area contributed by atoms with Crippen LogP contribution in [-0.2, 0) is 28.4 Å². The van der Waals surface area contributed by atoms with E-state index < -0.39 is 44.7 Å². The summed E-state index contributed by atoms with van der Waals surface area (Å²) in [6, 6.07) is 7.35. The first kappa shape index (κ1) is 32.2. The monoisotopic (exact) mass is 571 g/mol. The molecule has 0 saturated carbocycles. The summed E-state index contributed by atoms with van der Waals surface area (Å²) in [7, 11) is -7.04. The zero-order valence-electron chi connectivity index (χ0n) is 24.8. The summed E-state index contributed by atoms with van der Waals surface area (Å²) in [6.07, 6.45) is 0.821. The molecule has 1 heterocycles. The Hall–Kier alpha value is -1.05. The van der Waals surface area contributed by atoms with E-state index in [4.69, 9.17) is 13.6 Å². The lowest BCUT2D eigenvalue weighted by Gasteiger charge is -2.49. The fourth-order valence-electron chi connectivity index (χ4n) is 4.05. The minimum absolute atomic E-state index is 0.00797. The van der Waals surface area contributed by atoms with Crippen LogP contribution in [0.25, 0.3) is 0 Å². The highest BCUT2D eigenvalue weighted by Gasteiger charge is 2.50. The third kappa shape index (κ3) is 7.54. The van der Waals surface area contributed by atoms with Gasteiger partial charge in [-0.3, -0.25) is 4.79 Å². The van der Waals surface area contributed by atoms with Crippen molar-refractivity contribution in [2.24, 2.45) is 0 Å². The first-order valence-corrected chi connectivity index (χ1v) is 20.5. The van der Waals surface area contributed by atoms with Crippen LogP contribution in [0.4, 0.5) is 0 Å². The lowest BCUT2D eigenvalue weighted by molar-refractivity contribution is -0.142. The number of methoxy groups -OCH3 is 1. The zero-order valence-corrected chi connectivity index (χ0v) is 27.6. The number of carbonyl (C=O) groups is 1. The fourth-order valence-corrected chi connectivity index (χ4v) is 8.33. The molecule has 7 nitrogen and oxygen atoms in total. The van der Waals surface area contributed by atoms with E-state index >= 15 is 0 Å². The number of benzene rings is 1. The first-order chi connectivity index (χ1) is 16.7. The molecule has 0 aliphatic carbocycles. The minimum atomic E-state index is -3.94. The van der Waals surface area contributed by atoms with Crippen LogP contribution in [0, 0.1) is 0 Å². The highest BCUT2D eigenvalue weighted by atomic mass is 32.2. The van der Waals surface area contributed by atoms with Gasteiger partial charge in [0.2, 0.25) is 10.0 Å². The number of rotatable bonds is 9. The maximum Gasteiger partial charge on any atom is 0.307 e. The molecule has 3 atom stereocenters. The van der Waals surface area contributed by atoms with Crippen molar-refractivity contribution in [3.8, 4) is 0 Å². The number of nitrogens with zero attached hydrogens (tertiary/aromatic N) is 1. The number of esters is 1. The summed E-state index contributed by atoms with van der Waals surface area (Å²) in [5, 5.41) is -0.0736. The molecule has 0 radical (unpaired) electrons. The number of piperidine rings is 1. The van der Waals surface area contributed by atoms with Gasteiger partial charge < -0.3 is 13.6 Å². The van der Waals surface area contributed by atoms with Crippen molar-refractivity contribution < 1.29 is 26.8 Å². The summed E-state index contributed by atoms with van der Waals surface area (Å²) >= 11 is 0. The van der Waals surface area contributed by atoms with E-state index in [-0.39, 0.29) is 34.1 Å². The lowest BCUT2D eigenvalue weighted by Crippen LogP contribution is -2.62. The summed E-state index contributed by atoms with van der Waals surface area (Å²) in [6.45, 7) is 22.0. The summed E-state index contributed by atoms with van der Waals surface area (Å²) < 4.78 is 48.4. The molecule has 0 N–H and O–H groups in total. The van der Waals surface area contributed by atoms with Crippen LogP contribution in [0.1, 0.15) is 60.8 Å². The van der Waals surface area contributed by atoms with Gasteiger partial charge in [0.15, 0.2) is 16.6 Å². The van der Waals surface area contributed by atoms with Crippen molar-refractivity contribution in [3.05, 3.63) is 30.3 Å². The van der Waals surface area contributed by atoms with Gasteiger partial charge in [0.1, 0.15) is 0 Å². The Balaban J connectivity index is 2.63. The second-order valence-electron chi connectivity index (χ2n) is 13.2. The Morgan fingerprint density at radius 3 is 1.97 bits per heavy atom. The van der Waals surface area contributed by atoms with E-state index in [1.807, 2.05) is 0 Å². The van der Waals surface area contributed by atoms with Gasteiger partial charge in [-0.1, -0.05) is 59.7 Å². The third-order valence-corrected chi connectivity index (χ3v) is 19.5. The molecule has 37 heavy (non-hydrogen) atoms. The largest absolute Gasteiger partial charge is 0.469 e. The molecule has 10 heteroatoms. The van der Waals surface area contributed by atoms with Crippen LogP contribution in [0.3, 0.4) is 0 Å². The highest BCUT2D eigenvalue weighted by molar-refractivity contribution is 7.89. The molecule has 0 spiro atoms. The third-order valence-electron chi connectivity index (χ3n) is 8.52. The maximum absolute atomic E-state index is 14.2. The highest BCUT2D eigenvalue weighted by Crippen LogP contribution is 2.42. The van der Waals surface area contributed by atoms with E-state index in [2.05, 4.69) is 67.7 Å². The molecule has 1 fully saturated rings. The first-order valence-electron chi connectivity index (χ1n) is 13.2. The molecule has 1 aliphatic heterocycles. The van der Waals surface area contributed by atoms with Crippen molar-refractivity contribution in [2.75, 3.05) is 13.7 Å². The summed E-state index contributed by atoms with van der Waals surface area (Å²) in [5.41, 5.74) is 0. The van der Waals surface area contributed by atoms with Crippen LogP contribution >= 0.6 is 0 Å². The van der Waals surface area contributed by atoms with E-state index in [9.17, 15) is 13.2 Å². The normalized spacial score (nSPS) is 22.6. The topological polar surface area (TPSA) is 82.1 Å². The number of carbonyl (C=O) groups excluding carboxylic acids is 1. The Morgan fingerprint density at radius 1 is 0.946 bits per heavy atom. The second-order valence-corrected chi connectivity index (χ2v) is 24.6. The van der Waals surface area contributed by atoms with Crippen molar-refractivity contribution in [1.82, 2.24) is 4.31 Å². The quantitative estimate of drug-likeness (QED) is 0.260. The molecule has 2 rings (SSSR count). The van der Waals surface area contributed by atoms with Gasteiger partial charge in [-0.05, 0) is 61.2 Å². The average Bonchev–Trinajstić information content (AvgIpc) is 2.77. The molecule has 1 saturated heterocycles. The van der Waals surface area contributed by atoms with Gasteiger partial charge >= 0.3 is 5.97 Å². The van der Waals surface area contributed by atoms with Crippen molar-refractivity contribution >= 4 is 32.6 Å². The zero-order chi connectivity index (χ0) is 28.4. The van der Waals surface area contributed by atoms with Gasteiger partial charge in [-0.2, -0.15) is 4.31 Å². The maximum atomic E-state index is 14.2. The molecule has 1 aromatic rings. The van der Waals surface area contributed by atoms with Crippen molar-refractivity contribution in [1.29, 1.82) is 0 Å². The van der Waals surface area contributed by atoms with Gasteiger partial charge in [-0.15, -0.1) is 0 Å². The van der Waals surface area contributed by atoms with E-state index in [1.54, 1.807) is 30.3 Å². The predicted molar refractivity (Wildman–Crippen MR) is 154 cm³/mol. The molecule has 1 aliphatic rings. The van der Waals surface area contributed by atoms with Gasteiger partial charge in [0.25, 0.3) is 0 Å². The molecule has 1 aromatic carbocycles. The van der Waals surface area contributed by atoms with Gasteiger partial charge in [0, 0.05) is 6.04 Å². The number of ether oxygens (including phenoxy) is 1. The number of hydrogen-bond donors (Lipinski definition) is 0. The van der Waals surface area contributed by atoms with Crippen LogP contribution in [0.5, 0.6) is 0 Å². The number of sulfonamides is 1. The molecule has 212 valence electrons. The Kier molecular flexibility index (Phi) is 10.1. The van der Waals surface area contributed by atoms with E-state index in [0.717, 1.165) is 0 Å². The number of hydrogen-bond acceptors (Lipinski definition) is 6. The van der Waals surface area contributed by atoms with E-state index in [1.165, 1.54) is 11.4 Å². The molecule has 0 unspecified atom stereocenters. The average molecular weight is 572 g/mol. The predicted octanol–water partition coefficient (Wildman–Crippen LogP) is 6.18. The molecule has 0 amide bonds. The van der Waals surface area contributed by atoms with Crippen LogP contribution in [-0.4, -0.2) is 67.2 Å². The minimum Gasteiger partial charge on any atom is -0.469 e. The molecular formula is C27H49NO6SSi2. The Morgan fingerprint density at radius 2 is 1.49 bits per heavy atom. The molecule has 0 aromatic heterocycles. The second kappa shape index (κ2) is 11.6. The van der Waals surface area contributed by atoms with E-state index in [0.29, 0.717) is 12.8 Å². The van der Waals surface area contributed by atoms with Gasteiger partial charge in [-0.25, -0.2) is 8.42 Å². The van der Waals surface area contributed by atoms with Gasteiger partial charge in [0.05, 0.1) is 37.2 Å². The molecular weight excluding hydrogens is 523 g/mol. The van der Waals surface area contributed by atoms with Crippen molar-refractivity contribution in [3.63, 3.8) is 0 Å². The Bertz CT molecular complexity index is 1020. The molecule has 0 bridgehead atoms. The summed E-state index contributed by atoms with van der Waals surface area (Å²) in [5.74, 6) is -0.425. The van der Waals surface area contributed by atoms with Crippen LogP contribution in [0.2, 0.25) is 36.3 Å². The smallest absolute Gasteiger partial charge is 0.307 e. The SMILES string of the molecule is COC(=O)C[C@H]1CC[C@@H](O[Si](C)(C)C(C)(C)C)[C@@H](CO[Si](C)(C)C(C)(C)C)N1S(=O)(=O)c1ccccc1. The van der Waals surface area contributed by atoms with Crippen molar-refractivity contribution in [2.45, 2.75) is 120 Å². The standard InChI is InChI=1S/C27H49NO6SSi2/c1-26(2,3)36(8,9)33-20-23-24(34-37(10,11)27(4,5)6)18-17-21(19-25(29)32-7)28(23)35(30,31)22-15-13-12-14-16-22/h12-16,21,23-24H,17-20H2,1-11H3/t21-,23-,24-/m1/s1. The van der Waals surface area contributed by atoms with Crippen LogP contribution < -0.4 is 0 Å².